The summed E-state index contributed by atoms with van der Waals surface area (Å²) in [6.07, 6.45) is 0.517. The normalized spacial score (nSPS) is 19.8. The number of aliphatic hydroxyl groups is 1. The molecule has 19 heavy (non-hydrogen) atoms. The van der Waals surface area contributed by atoms with Crippen molar-refractivity contribution in [2.75, 3.05) is 26.2 Å². The van der Waals surface area contributed by atoms with Crippen molar-refractivity contribution >= 4 is 6.09 Å². The molecule has 2 rings (SSSR count). The molecule has 1 saturated heterocycles. The summed E-state index contributed by atoms with van der Waals surface area (Å²) in [7, 11) is 0. The van der Waals surface area contributed by atoms with Gasteiger partial charge in [0.1, 0.15) is 6.61 Å². The highest BCUT2D eigenvalue weighted by atomic mass is 16.6. The molecular weight excluding hydrogens is 244 g/mol. The fourth-order valence-electron chi connectivity index (χ4n) is 2.14. The van der Waals surface area contributed by atoms with Crippen LogP contribution in [0, 0.1) is 0 Å². The van der Waals surface area contributed by atoms with Crippen molar-refractivity contribution in [3.63, 3.8) is 0 Å². The van der Waals surface area contributed by atoms with Gasteiger partial charge in [-0.15, -0.1) is 0 Å². The Kier molecular flexibility index (Phi) is 5.18. The molecule has 0 aliphatic carbocycles. The molecule has 1 aliphatic heterocycles. The predicted molar refractivity (Wildman–Crippen MR) is 71.7 cm³/mol. The summed E-state index contributed by atoms with van der Waals surface area (Å²) in [5, 5.41) is 12.5. The number of carbonyl (C=O) groups excluding carboxylic acids is 1. The SMILES string of the molecule is O=C(OCc1ccccc1)N1CCCNC[C@H]1CO. The van der Waals surface area contributed by atoms with Crippen molar-refractivity contribution in [2.24, 2.45) is 0 Å². The van der Waals surface area contributed by atoms with Gasteiger partial charge in [-0.3, -0.25) is 0 Å². The maximum absolute atomic E-state index is 12.1. The van der Waals surface area contributed by atoms with E-state index in [9.17, 15) is 9.90 Å². The van der Waals surface area contributed by atoms with Gasteiger partial charge in [-0.05, 0) is 18.5 Å². The van der Waals surface area contributed by atoms with Crippen LogP contribution in [-0.4, -0.2) is 48.4 Å². The molecule has 1 aromatic rings. The molecule has 0 saturated carbocycles. The maximum Gasteiger partial charge on any atom is 0.410 e. The largest absolute Gasteiger partial charge is 0.445 e. The van der Waals surface area contributed by atoms with Gasteiger partial charge >= 0.3 is 6.09 Å². The molecule has 0 unspecified atom stereocenters. The molecule has 5 heteroatoms. The minimum Gasteiger partial charge on any atom is -0.445 e. The number of ether oxygens (including phenoxy) is 1. The highest BCUT2D eigenvalue weighted by Crippen LogP contribution is 2.09. The lowest BCUT2D eigenvalue weighted by atomic mass is 10.2. The average molecular weight is 264 g/mol. The number of hydrogen-bond donors (Lipinski definition) is 2. The number of nitrogens with zero attached hydrogens (tertiary/aromatic N) is 1. The molecule has 1 aromatic carbocycles. The van der Waals surface area contributed by atoms with Gasteiger partial charge in [-0.2, -0.15) is 0 Å². The minimum absolute atomic E-state index is 0.0482. The van der Waals surface area contributed by atoms with Gasteiger partial charge in [-0.25, -0.2) is 4.79 Å². The first-order valence-electron chi connectivity index (χ1n) is 6.60. The number of amides is 1. The van der Waals surface area contributed by atoms with Crippen molar-refractivity contribution in [1.82, 2.24) is 10.2 Å². The molecule has 1 aliphatic rings. The van der Waals surface area contributed by atoms with Crippen LogP contribution in [0.4, 0.5) is 4.79 Å². The van der Waals surface area contributed by atoms with Crippen LogP contribution >= 0.6 is 0 Å². The van der Waals surface area contributed by atoms with Gasteiger partial charge in [0, 0.05) is 13.1 Å². The van der Waals surface area contributed by atoms with E-state index in [-0.39, 0.29) is 25.3 Å². The van der Waals surface area contributed by atoms with Crippen molar-refractivity contribution in [2.45, 2.75) is 19.1 Å². The number of benzene rings is 1. The third kappa shape index (κ3) is 3.94. The number of carbonyl (C=O) groups is 1. The van der Waals surface area contributed by atoms with Crippen LogP contribution in [0.2, 0.25) is 0 Å². The van der Waals surface area contributed by atoms with Gasteiger partial charge in [0.2, 0.25) is 0 Å². The second kappa shape index (κ2) is 7.11. The first kappa shape index (κ1) is 13.8. The van der Waals surface area contributed by atoms with E-state index < -0.39 is 0 Å². The van der Waals surface area contributed by atoms with Crippen LogP contribution in [0.5, 0.6) is 0 Å². The van der Waals surface area contributed by atoms with Crippen molar-refractivity contribution in [1.29, 1.82) is 0 Å². The zero-order valence-electron chi connectivity index (χ0n) is 10.9. The summed E-state index contributed by atoms with van der Waals surface area (Å²) in [6.45, 7) is 2.30. The van der Waals surface area contributed by atoms with E-state index in [1.54, 1.807) is 4.90 Å². The van der Waals surface area contributed by atoms with E-state index >= 15 is 0 Å². The zero-order valence-corrected chi connectivity index (χ0v) is 10.9. The molecule has 104 valence electrons. The number of hydrogen-bond acceptors (Lipinski definition) is 4. The van der Waals surface area contributed by atoms with Gasteiger partial charge in [0.05, 0.1) is 12.6 Å². The Morgan fingerprint density at radius 1 is 1.42 bits per heavy atom. The summed E-state index contributed by atoms with van der Waals surface area (Å²) in [5.74, 6) is 0. The van der Waals surface area contributed by atoms with E-state index in [1.807, 2.05) is 30.3 Å². The molecule has 5 nitrogen and oxygen atoms in total. The van der Waals surface area contributed by atoms with Crippen LogP contribution in [0.25, 0.3) is 0 Å². The fraction of sp³-hybridized carbons (Fsp3) is 0.500. The Morgan fingerprint density at radius 2 is 2.21 bits per heavy atom. The van der Waals surface area contributed by atoms with Gasteiger partial charge in [0.25, 0.3) is 0 Å². The molecule has 1 heterocycles. The van der Waals surface area contributed by atoms with Crippen LogP contribution < -0.4 is 5.32 Å². The van der Waals surface area contributed by atoms with Crippen LogP contribution in [0.15, 0.2) is 30.3 Å². The highest BCUT2D eigenvalue weighted by Gasteiger charge is 2.25. The standard InChI is InChI=1S/C14H20N2O3/c17-10-13-9-15-7-4-8-16(13)14(18)19-11-12-5-2-1-3-6-12/h1-3,5-6,13,15,17H,4,7-11H2/t13-/m0/s1. The summed E-state index contributed by atoms with van der Waals surface area (Å²) in [6, 6.07) is 9.38. The van der Waals surface area contributed by atoms with Gasteiger partial charge in [-0.1, -0.05) is 30.3 Å². The van der Waals surface area contributed by atoms with E-state index in [2.05, 4.69) is 5.32 Å². The number of nitrogens with one attached hydrogen (secondary N) is 1. The lowest BCUT2D eigenvalue weighted by molar-refractivity contribution is 0.0684. The third-order valence-electron chi connectivity index (χ3n) is 3.22. The van der Waals surface area contributed by atoms with E-state index in [1.165, 1.54) is 0 Å². The quantitative estimate of drug-likeness (QED) is 0.854. The second-order valence-corrected chi connectivity index (χ2v) is 4.63. The third-order valence-corrected chi connectivity index (χ3v) is 3.22. The lowest BCUT2D eigenvalue weighted by Crippen LogP contribution is -2.46. The summed E-state index contributed by atoms with van der Waals surface area (Å²) >= 11 is 0. The molecule has 1 amide bonds. The molecule has 1 atom stereocenters. The van der Waals surface area contributed by atoms with E-state index in [0.717, 1.165) is 18.5 Å². The van der Waals surface area contributed by atoms with Crippen LogP contribution in [-0.2, 0) is 11.3 Å². The molecular formula is C14H20N2O3. The molecule has 0 aromatic heterocycles. The predicted octanol–water partition coefficient (Wildman–Crippen LogP) is 0.979. The summed E-state index contributed by atoms with van der Waals surface area (Å²) in [4.78, 5) is 13.7. The van der Waals surface area contributed by atoms with E-state index in [4.69, 9.17) is 4.74 Å². The molecule has 1 fully saturated rings. The molecule has 0 spiro atoms. The van der Waals surface area contributed by atoms with E-state index in [0.29, 0.717) is 13.1 Å². The highest BCUT2D eigenvalue weighted by molar-refractivity contribution is 5.68. The Labute approximate surface area is 113 Å². The maximum atomic E-state index is 12.1. The van der Waals surface area contributed by atoms with Gasteiger partial charge in [0.15, 0.2) is 0 Å². The van der Waals surface area contributed by atoms with Crippen molar-refractivity contribution in [3.05, 3.63) is 35.9 Å². The first-order chi connectivity index (χ1) is 9.31. The van der Waals surface area contributed by atoms with Crippen molar-refractivity contribution in [3.8, 4) is 0 Å². The van der Waals surface area contributed by atoms with Crippen LogP contribution in [0.1, 0.15) is 12.0 Å². The molecule has 0 bridgehead atoms. The average Bonchev–Trinajstić information content (AvgIpc) is 2.71. The zero-order chi connectivity index (χ0) is 13.5. The Balaban J connectivity index is 1.90. The lowest BCUT2D eigenvalue weighted by Gasteiger charge is -2.27. The fourth-order valence-corrected chi connectivity index (χ4v) is 2.14. The Bertz CT molecular complexity index is 397. The summed E-state index contributed by atoms with van der Waals surface area (Å²) < 4.78 is 5.30. The van der Waals surface area contributed by atoms with Crippen LogP contribution in [0.3, 0.4) is 0 Å². The smallest absolute Gasteiger partial charge is 0.410 e. The van der Waals surface area contributed by atoms with Crippen molar-refractivity contribution < 1.29 is 14.6 Å². The molecule has 2 N–H and O–H groups in total. The Morgan fingerprint density at radius 3 is 2.95 bits per heavy atom. The van der Waals surface area contributed by atoms with Gasteiger partial charge < -0.3 is 20.1 Å². The number of rotatable bonds is 3. The second-order valence-electron chi connectivity index (χ2n) is 4.63. The topological polar surface area (TPSA) is 61.8 Å². The monoisotopic (exact) mass is 264 g/mol. The number of aliphatic hydroxyl groups excluding tert-OH is 1. The Hall–Kier alpha value is -1.59. The first-order valence-corrected chi connectivity index (χ1v) is 6.60. The summed E-state index contributed by atoms with van der Waals surface area (Å²) in [5.41, 5.74) is 0.962. The minimum atomic E-state index is -0.355. The molecule has 0 radical (unpaired) electrons.